The van der Waals surface area contributed by atoms with Crippen LogP contribution in [0.5, 0.6) is 0 Å². The first kappa shape index (κ1) is 22.0. The number of rotatable bonds is 5. The van der Waals surface area contributed by atoms with Crippen LogP contribution in [-0.4, -0.2) is 63.1 Å². The molecule has 2 N–H and O–H groups in total. The van der Waals surface area contributed by atoms with Gasteiger partial charge in [0.15, 0.2) is 0 Å². The number of nitrogens with zero attached hydrogens (tertiary/aromatic N) is 4. The van der Waals surface area contributed by atoms with Gasteiger partial charge in [-0.1, -0.05) is 36.4 Å². The average Bonchev–Trinajstić information content (AvgIpc) is 3.40. The number of piperazine rings is 1. The molecule has 5 rings (SSSR count). The third kappa shape index (κ3) is 4.75. The van der Waals surface area contributed by atoms with E-state index < -0.39 is 6.09 Å². The fourth-order valence-corrected chi connectivity index (χ4v) is 4.64. The lowest BCUT2D eigenvalue weighted by atomic mass is 10.1. The Labute approximate surface area is 200 Å². The Morgan fingerprint density at radius 2 is 1.85 bits per heavy atom. The minimum Gasteiger partial charge on any atom is -0.465 e. The van der Waals surface area contributed by atoms with Crippen LogP contribution in [0.1, 0.15) is 16.1 Å². The van der Waals surface area contributed by atoms with E-state index in [1.54, 1.807) is 10.9 Å². The van der Waals surface area contributed by atoms with Crippen molar-refractivity contribution in [3.63, 3.8) is 0 Å². The zero-order valence-electron chi connectivity index (χ0n) is 18.3. The van der Waals surface area contributed by atoms with Crippen molar-refractivity contribution in [1.29, 1.82) is 0 Å². The van der Waals surface area contributed by atoms with Gasteiger partial charge in [-0.3, -0.25) is 9.69 Å². The molecule has 1 saturated heterocycles. The average molecular weight is 474 g/mol. The third-order valence-corrected chi connectivity index (χ3v) is 6.49. The second kappa shape index (κ2) is 9.58. The minimum absolute atomic E-state index is 0.258. The molecule has 1 fully saturated rings. The van der Waals surface area contributed by atoms with Gasteiger partial charge in [0.1, 0.15) is 5.69 Å². The van der Waals surface area contributed by atoms with Gasteiger partial charge in [0.2, 0.25) is 0 Å². The number of hydrogen-bond donors (Lipinski definition) is 2. The van der Waals surface area contributed by atoms with Crippen LogP contribution in [0.15, 0.2) is 65.5 Å². The number of aromatic nitrogens is 2. The van der Waals surface area contributed by atoms with E-state index in [9.17, 15) is 9.59 Å². The summed E-state index contributed by atoms with van der Waals surface area (Å²) in [7, 11) is 0. The molecule has 0 spiro atoms. The first-order valence-electron chi connectivity index (χ1n) is 11.0. The molecule has 8 nitrogen and oxygen atoms in total. The van der Waals surface area contributed by atoms with E-state index in [2.05, 4.69) is 27.3 Å². The van der Waals surface area contributed by atoms with Crippen LogP contribution < -0.4 is 5.32 Å². The van der Waals surface area contributed by atoms with E-state index in [-0.39, 0.29) is 5.91 Å². The number of hydrogen-bond acceptors (Lipinski definition) is 6. The summed E-state index contributed by atoms with van der Waals surface area (Å²) >= 11 is 1.38. The smallest absolute Gasteiger partial charge is 0.407 e. The summed E-state index contributed by atoms with van der Waals surface area (Å²) in [5.41, 5.74) is 6.34. The number of nitrogens with one attached hydrogen (secondary N) is 1. The second-order valence-corrected chi connectivity index (χ2v) is 8.87. The summed E-state index contributed by atoms with van der Waals surface area (Å²) in [6.07, 6.45) is -0.855. The summed E-state index contributed by atoms with van der Waals surface area (Å²) in [5.74, 6) is -0.258. The second-order valence-electron chi connectivity index (χ2n) is 8.15. The van der Waals surface area contributed by atoms with Gasteiger partial charge in [-0.25, -0.2) is 14.8 Å². The van der Waals surface area contributed by atoms with E-state index in [1.807, 2.05) is 42.5 Å². The van der Waals surface area contributed by atoms with E-state index >= 15 is 0 Å². The predicted molar refractivity (Wildman–Crippen MR) is 132 cm³/mol. The predicted octanol–water partition coefficient (Wildman–Crippen LogP) is 4.41. The van der Waals surface area contributed by atoms with Gasteiger partial charge in [0.05, 0.1) is 22.4 Å². The summed E-state index contributed by atoms with van der Waals surface area (Å²) < 4.78 is 0. The first-order valence-corrected chi connectivity index (χ1v) is 11.9. The molecular formula is C25H23N5O3S. The van der Waals surface area contributed by atoms with Crippen LogP contribution in [0.25, 0.3) is 22.2 Å². The van der Waals surface area contributed by atoms with Crippen molar-refractivity contribution < 1.29 is 14.7 Å². The number of carboxylic acid groups (broad SMARTS) is 1. The lowest BCUT2D eigenvalue weighted by Crippen LogP contribution is -2.47. The van der Waals surface area contributed by atoms with Crippen molar-refractivity contribution in [2.45, 2.75) is 6.54 Å². The summed E-state index contributed by atoms with van der Waals surface area (Å²) in [6, 6.07) is 17.9. The zero-order valence-corrected chi connectivity index (χ0v) is 19.2. The number of amides is 2. The van der Waals surface area contributed by atoms with Crippen molar-refractivity contribution in [3.05, 3.63) is 76.7 Å². The molecule has 0 aliphatic carbocycles. The fraction of sp³-hybridized carbons (Fsp3) is 0.200. The van der Waals surface area contributed by atoms with Crippen molar-refractivity contribution >= 4 is 39.9 Å². The third-order valence-electron chi connectivity index (χ3n) is 5.91. The molecular weight excluding hydrogens is 450 g/mol. The topological polar surface area (TPSA) is 98.7 Å². The SMILES string of the molecule is O=C(Nc1cccc2ccc(-c3cccc(CN4CCN(C(=O)O)CC4)c3)nc12)c1cscn1. The highest BCUT2D eigenvalue weighted by atomic mass is 32.1. The molecule has 2 amide bonds. The van der Waals surface area contributed by atoms with Crippen molar-refractivity contribution in [2.24, 2.45) is 0 Å². The number of carbonyl (C=O) groups is 2. The Hall–Kier alpha value is -3.82. The van der Waals surface area contributed by atoms with Gasteiger partial charge in [-0.05, 0) is 23.8 Å². The Morgan fingerprint density at radius 3 is 2.62 bits per heavy atom. The highest BCUT2D eigenvalue weighted by Gasteiger charge is 2.20. The zero-order chi connectivity index (χ0) is 23.5. The summed E-state index contributed by atoms with van der Waals surface area (Å²) in [5, 5.41) is 14.7. The van der Waals surface area contributed by atoms with Gasteiger partial charge >= 0.3 is 6.09 Å². The van der Waals surface area contributed by atoms with Crippen LogP contribution in [0, 0.1) is 0 Å². The number of fused-ring (bicyclic) bond motifs is 1. The van der Waals surface area contributed by atoms with E-state index in [4.69, 9.17) is 10.1 Å². The molecule has 1 aliphatic heterocycles. The van der Waals surface area contributed by atoms with E-state index in [0.717, 1.165) is 34.3 Å². The summed E-state index contributed by atoms with van der Waals surface area (Å²) in [6.45, 7) is 3.23. The molecule has 2 aromatic heterocycles. The molecule has 0 atom stereocenters. The first-order chi connectivity index (χ1) is 16.6. The van der Waals surface area contributed by atoms with Crippen LogP contribution in [0.2, 0.25) is 0 Å². The van der Waals surface area contributed by atoms with Gasteiger partial charge in [-0.15, -0.1) is 11.3 Å². The normalized spacial score (nSPS) is 14.3. The van der Waals surface area contributed by atoms with Crippen molar-refractivity contribution in [2.75, 3.05) is 31.5 Å². The van der Waals surface area contributed by atoms with Crippen LogP contribution in [0.3, 0.4) is 0 Å². The molecule has 9 heteroatoms. The van der Waals surface area contributed by atoms with E-state index in [1.165, 1.54) is 16.2 Å². The van der Waals surface area contributed by atoms with Gasteiger partial charge < -0.3 is 15.3 Å². The van der Waals surface area contributed by atoms with Gasteiger partial charge in [0.25, 0.3) is 5.91 Å². The van der Waals surface area contributed by atoms with Gasteiger partial charge in [-0.2, -0.15) is 0 Å². The molecule has 3 heterocycles. The quantitative estimate of drug-likeness (QED) is 0.446. The Morgan fingerprint density at radius 1 is 1.03 bits per heavy atom. The molecule has 2 aromatic carbocycles. The molecule has 172 valence electrons. The Kier molecular flexibility index (Phi) is 6.20. The molecule has 0 radical (unpaired) electrons. The minimum atomic E-state index is -0.855. The molecule has 34 heavy (non-hydrogen) atoms. The fourth-order valence-electron chi connectivity index (χ4n) is 4.10. The maximum atomic E-state index is 12.5. The standard InChI is InChI=1S/C25H23N5O3S/c31-24(22-15-34-16-26-22)28-21-6-2-4-18-7-8-20(27-23(18)21)19-5-1-3-17(13-19)14-29-9-11-30(12-10-29)25(32)33/h1-8,13,15-16H,9-12,14H2,(H,28,31)(H,32,33). The number of para-hydroxylation sites is 1. The molecule has 0 saturated carbocycles. The molecule has 1 aliphatic rings. The highest BCUT2D eigenvalue weighted by molar-refractivity contribution is 7.07. The maximum absolute atomic E-state index is 12.5. The maximum Gasteiger partial charge on any atom is 0.407 e. The van der Waals surface area contributed by atoms with Crippen LogP contribution in [0.4, 0.5) is 10.5 Å². The van der Waals surface area contributed by atoms with Crippen LogP contribution in [-0.2, 0) is 6.54 Å². The Bertz CT molecular complexity index is 1330. The number of carbonyl (C=O) groups excluding carboxylic acids is 1. The number of anilines is 1. The largest absolute Gasteiger partial charge is 0.465 e. The number of benzene rings is 2. The highest BCUT2D eigenvalue weighted by Crippen LogP contribution is 2.27. The molecule has 0 unspecified atom stereocenters. The lowest BCUT2D eigenvalue weighted by Gasteiger charge is -2.33. The van der Waals surface area contributed by atoms with Crippen LogP contribution >= 0.6 is 11.3 Å². The van der Waals surface area contributed by atoms with E-state index in [0.29, 0.717) is 37.6 Å². The van der Waals surface area contributed by atoms with Crippen molar-refractivity contribution in [3.8, 4) is 11.3 Å². The monoisotopic (exact) mass is 473 g/mol. The van der Waals surface area contributed by atoms with Crippen molar-refractivity contribution in [1.82, 2.24) is 19.8 Å². The molecule has 0 bridgehead atoms. The van der Waals surface area contributed by atoms with Gasteiger partial charge in [0, 0.05) is 49.1 Å². The molecule has 4 aromatic rings. The number of thiazole rings is 1. The summed E-state index contributed by atoms with van der Waals surface area (Å²) in [4.78, 5) is 36.3. The lowest BCUT2D eigenvalue weighted by molar-refractivity contribution is 0.101. The Balaban J connectivity index is 1.37. The number of pyridine rings is 1.